The maximum atomic E-state index is 12.5. The van der Waals surface area contributed by atoms with E-state index in [1.165, 1.54) is 46.5 Å². The van der Waals surface area contributed by atoms with Crippen LogP contribution in [-0.2, 0) is 19.7 Å². The number of anilines is 1. The lowest BCUT2D eigenvalue weighted by molar-refractivity contribution is -0.126. The molecule has 1 atom stereocenters. The maximum absolute atomic E-state index is 12.5. The van der Waals surface area contributed by atoms with Crippen LogP contribution in [0.15, 0.2) is 46.4 Å². The van der Waals surface area contributed by atoms with Crippen LogP contribution in [0.2, 0.25) is 0 Å². The molecule has 2 aromatic rings. The van der Waals surface area contributed by atoms with Gasteiger partial charge in [-0.25, -0.2) is 12.7 Å². The number of carbonyl (C=O) groups excluding carboxylic acids is 1. The third kappa shape index (κ3) is 5.96. The van der Waals surface area contributed by atoms with Crippen molar-refractivity contribution in [3.63, 3.8) is 0 Å². The minimum atomic E-state index is -3.62. The highest BCUT2D eigenvalue weighted by Crippen LogP contribution is 2.27. The first-order chi connectivity index (χ1) is 14.6. The standard InChI is InChI=1S/C21H27N3O6S/c1-14-7-9-17(31(26,27)24(3)4)12-18(14)23-21(25)15(2)30-22-13-16-8-10-19(28-5)20(11-16)29-6/h7-13,15H,1-6H3,(H,23,25)/b22-13+. The van der Waals surface area contributed by atoms with Gasteiger partial charge in [0.15, 0.2) is 11.5 Å². The Morgan fingerprint density at radius 1 is 1.10 bits per heavy atom. The third-order valence-corrected chi connectivity index (χ3v) is 6.25. The summed E-state index contributed by atoms with van der Waals surface area (Å²) in [7, 11) is 2.34. The number of oxime groups is 1. The fourth-order valence-electron chi connectivity index (χ4n) is 2.50. The van der Waals surface area contributed by atoms with Gasteiger partial charge in [0.05, 0.1) is 25.3 Å². The van der Waals surface area contributed by atoms with Crippen LogP contribution in [0.25, 0.3) is 0 Å². The Morgan fingerprint density at radius 3 is 2.39 bits per heavy atom. The summed E-state index contributed by atoms with van der Waals surface area (Å²) in [6.45, 7) is 3.30. The van der Waals surface area contributed by atoms with E-state index in [4.69, 9.17) is 14.3 Å². The average Bonchev–Trinajstić information content (AvgIpc) is 2.74. The van der Waals surface area contributed by atoms with Crippen molar-refractivity contribution in [1.82, 2.24) is 4.31 Å². The van der Waals surface area contributed by atoms with E-state index in [2.05, 4.69) is 10.5 Å². The van der Waals surface area contributed by atoms with Crippen molar-refractivity contribution in [1.29, 1.82) is 0 Å². The molecule has 31 heavy (non-hydrogen) atoms. The molecule has 0 aliphatic carbocycles. The highest BCUT2D eigenvalue weighted by atomic mass is 32.2. The number of aryl methyl sites for hydroxylation is 1. The lowest BCUT2D eigenvalue weighted by atomic mass is 10.2. The predicted octanol–water partition coefficient (Wildman–Crippen LogP) is 2.64. The quantitative estimate of drug-likeness (QED) is 0.466. The molecule has 0 aliphatic heterocycles. The summed E-state index contributed by atoms with van der Waals surface area (Å²) in [6.07, 6.45) is 0.534. The van der Waals surface area contributed by atoms with E-state index < -0.39 is 22.0 Å². The number of ether oxygens (including phenoxy) is 2. The molecule has 0 spiro atoms. The van der Waals surface area contributed by atoms with Crippen LogP contribution in [0.4, 0.5) is 5.69 Å². The molecule has 0 heterocycles. The molecule has 0 bridgehead atoms. The van der Waals surface area contributed by atoms with Crippen molar-refractivity contribution >= 4 is 27.8 Å². The second-order valence-corrected chi connectivity index (χ2v) is 9.00. The molecule has 1 unspecified atom stereocenters. The summed E-state index contributed by atoms with van der Waals surface area (Å²) in [5, 5.41) is 6.54. The van der Waals surface area contributed by atoms with Gasteiger partial charge in [0, 0.05) is 25.3 Å². The SMILES string of the molecule is COc1ccc(/C=N/OC(C)C(=O)Nc2cc(S(=O)(=O)N(C)C)ccc2C)cc1OC. The number of nitrogens with one attached hydrogen (secondary N) is 1. The van der Waals surface area contributed by atoms with Gasteiger partial charge in [-0.3, -0.25) is 4.79 Å². The Balaban J connectivity index is 2.07. The molecule has 2 rings (SSSR count). The molecular formula is C21H27N3O6S. The highest BCUT2D eigenvalue weighted by Gasteiger charge is 2.20. The summed E-state index contributed by atoms with van der Waals surface area (Å²) in [6, 6.07) is 9.76. The van der Waals surface area contributed by atoms with E-state index in [0.29, 0.717) is 28.3 Å². The number of methoxy groups -OCH3 is 2. The molecule has 0 aromatic heterocycles. The van der Waals surface area contributed by atoms with Crippen LogP contribution in [-0.4, -0.2) is 59.3 Å². The predicted molar refractivity (Wildman–Crippen MR) is 118 cm³/mol. The molecule has 0 saturated carbocycles. The van der Waals surface area contributed by atoms with Gasteiger partial charge in [0.2, 0.25) is 16.1 Å². The number of nitrogens with zero attached hydrogens (tertiary/aromatic N) is 2. The molecule has 2 aromatic carbocycles. The molecule has 0 radical (unpaired) electrons. The second kappa shape index (κ2) is 10.3. The van der Waals surface area contributed by atoms with Crippen LogP contribution in [0, 0.1) is 6.92 Å². The zero-order valence-electron chi connectivity index (χ0n) is 18.4. The number of sulfonamides is 1. The Morgan fingerprint density at radius 2 is 1.77 bits per heavy atom. The Bertz CT molecular complexity index is 1070. The Kier molecular flexibility index (Phi) is 8.01. The van der Waals surface area contributed by atoms with Crippen molar-refractivity contribution in [2.45, 2.75) is 24.8 Å². The number of carbonyl (C=O) groups is 1. The average molecular weight is 450 g/mol. The minimum Gasteiger partial charge on any atom is -0.493 e. The first kappa shape index (κ1) is 24.2. The van der Waals surface area contributed by atoms with Crippen LogP contribution in [0.3, 0.4) is 0 Å². The van der Waals surface area contributed by atoms with Gasteiger partial charge in [-0.2, -0.15) is 0 Å². The van der Waals surface area contributed by atoms with Crippen LogP contribution in [0.1, 0.15) is 18.1 Å². The highest BCUT2D eigenvalue weighted by molar-refractivity contribution is 7.89. The maximum Gasteiger partial charge on any atom is 0.267 e. The molecule has 0 fully saturated rings. The molecule has 10 heteroatoms. The zero-order chi connectivity index (χ0) is 23.2. The third-order valence-electron chi connectivity index (χ3n) is 4.44. The largest absolute Gasteiger partial charge is 0.493 e. The normalized spacial score (nSPS) is 12.6. The van der Waals surface area contributed by atoms with Gasteiger partial charge in [0.1, 0.15) is 0 Å². The topological polar surface area (TPSA) is 107 Å². The fraction of sp³-hybridized carbons (Fsp3) is 0.333. The first-order valence-corrected chi connectivity index (χ1v) is 10.8. The number of benzene rings is 2. The summed E-state index contributed by atoms with van der Waals surface area (Å²) in [5.74, 6) is 0.662. The van der Waals surface area contributed by atoms with Gasteiger partial charge < -0.3 is 19.6 Å². The van der Waals surface area contributed by atoms with Crippen molar-refractivity contribution in [3.05, 3.63) is 47.5 Å². The lowest BCUT2D eigenvalue weighted by Gasteiger charge is -2.15. The Labute approximate surface area is 182 Å². The van der Waals surface area contributed by atoms with Crippen LogP contribution >= 0.6 is 0 Å². The molecule has 9 nitrogen and oxygen atoms in total. The van der Waals surface area contributed by atoms with Gasteiger partial charge in [-0.05, 0) is 49.7 Å². The van der Waals surface area contributed by atoms with Gasteiger partial charge in [0.25, 0.3) is 5.91 Å². The van der Waals surface area contributed by atoms with E-state index >= 15 is 0 Å². The molecule has 1 amide bonds. The molecule has 1 N–H and O–H groups in total. The van der Waals surface area contributed by atoms with Gasteiger partial charge in [-0.15, -0.1) is 0 Å². The van der Waals surface area contributed by atoms with Crippen molar-refractivity contribution < 1.29 is 27.5 Å². The minimum absolute atomic E-state index is 0.0819. The van der Waals surface area contributed by atoms with E-state index in [9.17, 15) is 13.2 Å². The van der Waals surface area contributed by atoms with E-state index in [1.807, 2.05) is 0 Å². The number of hydrogen-bond acceptors (Lipinski definition) is 7. The van der Waals surface area contributed by atoms with E-state index in [-0.39, 0.29) is 4.90 Å². The number of amides is 1. The van der Waals surface area contributed by atoms with Crippen molar-refractivity contribution in [3.8, 4) is 11.5 Å². The van der Waals surface area contributed by atoms with E-state index in [1.54, 1.807) is 38.3 Å². The van der Waals surface area contributed by atoms with Crippen LogP contribution < -0.4 is 14.8 Å². The molecule has 0 aliphatic rings. The summed E-state index contributed by atoms with van der Waals surface area (Å²) in [5.41, 5.74) is 1.79. The first-order valence-electron chi connectivity index (χ1n) is 9.35. The molecule has 168 valence electrons. The number of rotatable bonds is 9. The summed E-state index contributed by atoms with van der Waals surface area (Å²) < 4.78 is 36.2. The van der Waals surface area contributed by atoms with E-state index in [0.717, 1.165) is 4.31 Å². The smallest absolute Gasteiger partial charge is 0.267 e. The second-order valence-electron chi connectivity index (χ2n) is 6.85. The van der Waals surface area contributed by atoms with Crippen molar-refractivity contribution in [2.24, 2.45) is 5.16 Å². The van der Waals surface area contributed by atoms with Crippen LogP contribution in [0.5, 0.6) is 11.5 Å². The monoisotopic (exact) mass is 449 g/mol. The summed E-state index contributed by atoms with van der Waals surface area (Å²) in [4.78, 5) is 17.8. The zero-order valence-corrected chi connectivity index (χ0v) is 19.2. The van der Waals surface area contributed by atoms with Gasteiger partial charge >= 0.3 is 0 Å². The summed E-state index contributed by atoms with van der Waals surface area (Å²) >= 11 is 0. The van der Waals surface area contributed by atoms with Gasteiger partial charge in [-0.1, -0.05) is 11.2 Å². The number of hydrogen-bond donors (Lipinski definition) is 1. The Hall–Kier alpha value is -3.11. The fourth-order valence-corrected chi connectivity index (χ4v) is 3.43. The lowest BCUT2D eigenvalue weighted by Crippen LogP contribution is -2.27. The molecule has 0 saturated heterocycles. The van der Waals surface area contributed by atoms with Crippen molar-refractivity contribution in [2.75, 3.05) is 33.6 Å². The molecular weight excluding hydrogens is 422 g/mol.